The standard InChI is InChI=1S/C13H14N4O/c1-10(9-11-3-2-8-18-11)15-12-5-7-17-13(16-12)4-6-14-17/h2-8,10H,9H2,1H3,(H,15,16). The molecule has 0 aromatic carbocycles. The molecule has 0 aliphatic rings. The van der Waals surface area contributed by atoms with Crippen LogP contribution in [0.3, 0.4) is 0 Å². The summed E-state index contributed by atoms with van der Waals surface area (Å²) in [4.78, 5) is 4.46. The first kappa shape index (κ1) is 10.8. The van der Waals surface area contributed by atoms with Crippen LogP contribution in [0, 0.1) is 0 Å². The minimum atomic E-state index is 0.258. The number of furan rings is 1. The molecule has 0 aliphatic heterocycles. The Hall–Kier alpha value is -2.30. The van der Waals surface area contributed by atoms with Crippen LogP contribution in [0.15, 0.2) is 47.3 Å². The van der Waals surface area contributed by atoms with Gasteiger partial charge in [-0.2, -0.15) is 5.10 Å². The smallest absolute Gasteiger partial charge is 0.157 e. The predicted molar refractivity (Wildman–Crippen MR) is 68.5 cm³/mol. The van der Waals surface area contributed by atoms with Crippen molar-refractivity contribution in [3.8, 4) is 0 Å². The minimum Gasteiger partial charge on any atom is -0.469 e. The second-order valence-electron chi connectivity index (χ2n) is 4.28. The van der Waals surface area contributed by atoms with Gasteiger partial charge in [0.25, 0.3) is 0 Å². The maximum atomic E-state index is 5.33. The Morgan fingerprint density at radius 2 is 2.33 bits per heavy atom. The quantitative estimate of drug-likeness (QED) is 0.763. The first-order valence-corrected chi connectivity index (χ1v) is 5.90. The highest BCUT2D eigenvalue weighted by Gasteiger charge is 2.07. The molecule has 92 valence electrons. The average Bonchev–Trinajstić information content (AvgIpc) is 2.98. The second kappa shape index (κ2) is 4.52. The van der Waals surface area contributed by atoms with E-state index in [0.717, 1.165) is 23.6 Å². The summed E-state index contributed by atoms with van der Waals surface area (Å²) in [6.45, 7) is 2.10. The fourth-order valence-electron chi connectivity index (χ4n) is 1.93. The zero-order chi connectivity index (χ0) is 12.4. The summed E-state index contributed by atoms with van der Waals surface area (Å²) in [5.41, 5.74) is 0.838. The fourth-order valence-corrected chi connectivity index (χ4v) is 1.93. The molecule has 3 aromatic heterocycles. The Kier molecular flexibility index (Phi) is 2.72. The van der Waals surface area contributed by atoms with Crippen LogP contribution < -0.4 is 5.32 Å². The van der Waals surface area contributed by atoms with Gasteiger partial charge in [0.1, 0.15) is 11.6 Å². The van der Waals surface area contributed by atoms with Crippen molar-refractivity contribution in [3.63, 3.8) is 0 Å². The number of nitrogens with zero attached hydrogens (tertiary/aromatic N) is 3. The van der Waals surface area contributed by atoms with Crippen LogP contribution in [0.25, 0.3) is 5.65 Å². The molecular weight excluding hydrogens is 228 g/mol. The third kappa shape index (κ3) is 2.20. The van der Waals surface area contributed by atoms with Gasteiger partial charge in [-0.3, -0.25) is 0 Å². The number of aromatic nitrogens is 3. The van der Waals surface area contributed by atoms with E-state index in [2.05, 4.69) is 22.3 Å². The van der Waals surface area contributed by atoms with Gasteiger partial charge in [0, 0.05) is 24.7 Å². The van der Waals surface area contributed by atoms with Gasteiger partial charge >= 0.3 is 0 Å². The highest BCUT2D eigenvalue weighted by atomic mass is 16.3. The lowest BCUT2D eigenvalue weighted by Crippen LogP contribution is -2.18. The zero-order valence-electron chi connectivity index (χ0n) is 10.1. The highest BCUT2D eigenvalue weighted by Crippen LogP contribution is 2.10. The summed E-state index contributed by atoms with van der Waals surface area (Å²) < 4.78 is 7.06. The molecule has 0 bridgehead atoms. The molecule has 18 heavy (non-hydrogen) atoms. The minimum absolute atomic E-state index is 0.258. The normalized spacial score (nSPS) is 12.7. The van der Waals surface area contributed by atoms with Crippen molar-refractivity contribution >= 4 is 11.5 Å². The molecular formula is C13H14N4O. The van der Waals surface area contributed by atoms with Gasteiger partial charge in [0.05, 0.1) is 12.5 Å². The molecule has 1 unspecified atom stereocenters. The van der Waals surface area contributed by atoms with Crippen molar-refractivity contribution in [2.75, 3.05) is 5.32 Å². The molecule has 1 atom stereocenters. The third-order valence-electron chi connectivity index (χ3n) is 2.74. The number of hydrogen-bond donors (Lipinski definition) is 1. The number of nitrogens with one attached hydrogen (secondary N) is 1. The summed E-state index contributed by atoms with van der Waals surface area (Å²) in [7, 11) is 0. The first-order valence-electron chi connectivity index (χ1n) is 5.90. The number of fused-ring (bicyclic) bond motifs is 1. The Balaban J connectivity index is 1.71. The van der Waals surface area contributed by atoms with E-state index in [1.54, 1.807) is 17.0 Å². The molecule has 0 aliphatic carbocycles. The second-order valence-corrected chi connectivity index (χ2v) is 4.28. The molecule has 3 rings (SSSR count). The predicted octanol–water partition coefficient (Wildman–Crippen LogP) is 2.37. The van der Waals surface area contributed by atoms with Crippen molar-refractivity contribution < 1.29 is 4.42 Å². The molecule has 0 fully saturated rings. The molecule has 3 heterocycles. The molecule has 0 spiro atoms. The lowest BCUT2D eigenvalue weighted by molar-refractivity contribution is 0.497. The van der Waals surface area contributed by atoms with Crippen molar-refractivity contribution in [3.05, 3.63) is 48.7 Å². The van der Waals surface area contributed by atoms with Crippen molar-refractivity contribution in [2.45, 2.75) is 19.4 Å². The Morgan fingerprint density at radius 1 is 1.39 bits per heavy atom. The summed E-state index contributed by atoms with van der Waals surface area (Å²) in [5.74, 6) is 1.82. The van der Waals surface area contributed by atoms with Gasteiger partial charge in [0.15, 0.2) is 5.65 Å². The van der Waals surface area contributed by atoms with Gasteiger partial charge in [-0.15, -0.1) is 0 Å². The summed E-state index contributed by atoms with van der Waals surface area (Å²) in [6.07, 6.45) is 6.15. The van der Waals surface area contributed by atoms with Crippen molar-refractivity contribution in [1.82, 2.24) is 14.6 Å². The third-order valence-corrected chi connectivity index (χ3v) is 2.74. The number of rotatable bonds is 4. The van der Waals surface area contributed by atoms with Crippen LogP contribution >= 0.6 is 0 Å². The Bertz CT molecular complexity index is 629. The summed E-state index contributed by atoms with van der Waals surface area (Å²) >= 11 is 0. The topological polar surface area (TPSA) is 55.4 Å². The molecule has 0 radical (unpaired) electrons. The van der Waals surface area contributed by atoms with Crippen LogP contribution in [0.1, 0.15) is 12.7 Å². The largest absolute Gasteiger partial charge is 0.469 e. The number of anilines is 1. The van der Waals surface area contributed by atoms with Crippen molar-refractivity contribution in [2.24, 2.45) is 0 Å². The van der Waals surface area contributed by atoms with Crippen LogP contribution in [0.2, 0.25) is 0 Å². The molecule has 0 amide bonds. The lowest BCUT2D eigenvalue weighted by atomic mass is 10.2. The zero-order valence-corrected chi connectivity index (χ0v) is 10.1. The maximum Gasteiger partial charge on any atom is 0.157 e. The molecule has 5 nitrogen and oxygen atoms in total. The van der Waals surface area contributed by atoms with Crippen LogP contribution in [-0.2, 0) is 6.42 Å². The van der Waals surface area contributed by atoms with Crippen LogP contribution in [0.4, 0.5) is 5.82 Å². The number of hydrogen-bond acceptors (Lipinski definition) is 4. The SMILES string of the molecule is CC(Cc1ccco1)Nc1ccn2nccc2n1. The average molecular weight is 242 g/mol. The molecule has 0 saturated carbocycles. The Morgan fingerprint density at radius 3 is 3.17 bits per heavy atom. The van der Waals surface area contributed by atoms with E-state index in [9.17, 15) is 0 Å². The van der Waals surface area contributed by atoms with Crippen LogP contribution in [0.5, 0.6) is 0 Å². The highest BCUT2D eigenvalue weighted by molar-refractivity contribution is 5.45. The molecule has 3 aromatic rings. The van der Waals surface area contributed by atoms with E-state index in [4.69, 9.17) is 4.42 Å². The maximum absolute atomic E-state index is 5.33. The summed E-state index contributed by atoms with van der Waals surface area (Å²) in [5, 5.41) is 7.46. The van der Waals surface area contributed by atoms with Crippen molar-refractivity contribution in [1.29, 1.82) is 0 Å². The molecule has 0 saturated heterocycles. The molecule has 5 heteroatoms. The van der Waals surface area contributed by atoms with Gasteiger partial charge in [-0.25, -0.2) is 9.50 Å². The Labute approximate surface area is 104 Å². The monoisotopic (exact) mass is 242 g/mol. The van der Waals surface area contributed by atoms with E-state index in [-0.39, 0.29) is 6.04 Å². The lowest BCUT2D eigenvalue weighted by Gasteiger charge is -2.13. The van der Waals surface area contributed by atoms with Gasteiger partial charge < -0.3 is 9.73 Å². The van der Waals surface area contributed by atoms with E-state index in [1.165, 1.54) is 0 Å². The van der Waals surface area contributed by atoms with E-state index in [1.807, 2.05) is 30.5 Å². The molecule has 1 N–H and O–H groups in total. The van der Waals surface area contributed by atoms with Gasteiger partial charge in [0.2, 0.25) is 0 Å². The van der Waals surface area contributed by atoms with E-state index < -0.39 is 0 Å². The van der Waals surface area contributed by atoms with Crippen LogP contribution in [-0.4, -0.2) is 20.6 Å². The van der Waals surface area contributed by atoms with Gasteiger partial charge in [-0.05, 0) is 25.1 Å². The first-order chi connectivity index (χ1) is 8.81. The van der Waals surface area contributed by atoms with E-state index >= 15 is 0 Å². The summed E-state index contributed by atoms with van der Waals surface area (Å²) in [6, 6.07) is 7.93. The fraction of sp³-hybridized carbons (Fsp3) is 0.231. The van der Waals surface area contributed by atoms with Gasteiger partial charge in [-0.1, -0.05) is 0 Å². The van der Waals surface area contributed by atoms with E-state index in [0.29, 0.717) is 0 Å².